The fourth-order valence-corrected chi connectivity index (χ4v) is 2.03. The summed E-state index contributed by atoms with van der Waals surface area (Å²) in [6, 6.07) is 5.04. The van der Waals surface area contributed by atoms with Gasteiger partial charge in [-0.3, -0.25) is 4.90 Å². The molecule has 0 bridgehead atoms. The molecule has 4 heteroatoms. The van der Waals surface area contributed by atoms with E-state index < -0.39 is 0 Å². The van der Waals surface area contributed by atoms with Crippen molar-refractivity contribution in [3.05, 3.63) is 34.1 Å². The van der Waals surface area contributed by atoms with Gasteiger partial charge in [-0.25, -0.2) is 4.39 Å². The van der Waals surface area contributed by atoms with Crippen molar-refractivity contribution in [2.24, 2.45) is 0 Å². The first-order valence-electron chi connectivity index (χ1n) is 5.45. The molecule has 2 nitrogen and oxygen atoms in total. The molecule has 0 aliphatic carbocycles. The lowest BCUT2D eigenvalue weighted by Gasteiger charge is -2.21. The minimum Gasteiger partial charge on any atom is -0.395 e. The molecule has 0 amide bonds. The van der Waals surface area contributed by atoms with E-state index in [1.807, 2.05) is 6.07 Å². The Hall–Kier alpha value is -0.450. The summed E-state index contributed by atoms with van der Waals surface area (Å²) in [5.41, 5.74) is 0.918. The van der Waals surface area contributed by atoms with Gasteiger partial charge in [0.25, 0.3) is 0 Å². The maximum Gasteiger partial charge on any atom is 0.137 e. The first-order valence-corrected chi connectivity index (χ1v) is 6.24. The molecule has 1 aromatic rings. The van der Waals surface area contributed by atoms with Gasteiger partial charge in [-0.05, 0) is 40.5 Å². The number of benzene rings is 1. The summed E-state index contributed by atoms with van der Waals surface area (Å²) in [5.74, 6) is -0.238. The minimum atomic E-state index is -0.238. The number of aliphatic hydroxyl groups is 1. The minimum absolute atomic E-state index is 0.132. The summed E-state index contributed by atoms with van der Waals surface area (Å²) in [4.78, 5) is 2.11. The van der Waals surface area contributed by atoms with Crippen molar-refractivity contribution in [1.82, 2.24) is 4.90 Å². The highest BCUT2D eigenvalue weighted by Crippen LogP contribution is 2.21. The van der Waals surface area contributed by atoms with Crippen molar-refractivity contribution >= 4 is 15.9 Å². The quantitative estimate of drug-likeness (QED) is 0.871. The standard InChI is InChI=1S/C12H17BrFNO/c1-2-6-15(7-8-16)9-10-4-3-5-11(14)12(10)13/h3-5,16H,2,6-9H2,1H3. The van der Waals surface area contributed by atoms with E-state index in [9.17, 15) is 4.39 Å². The van der Waals surface area contributed by atoms with Gasteiger partial charge in [0.05, 0.1) is 11.1 Å². The van der Waals surface area contributed by atoms with E-state index in [0.717, 1.165) is 18.5 Å². The zero-order chi connectivity index (χ0) is 12.0. The predicted molar refractivity (Wildman–Crippen MR) is 66.8 cm³/mol. The lowest BCUT2D eigenvalue weighted by molar-refractivity contribution is 0.190. The van der Waals surface area contributed by atoms with Gasteiger partial charge in [-0.2, -0.15) is 0 Å². The van der Waals surface area contributed by atoms with Crippen LogP contribution < -0.4 is 0 Å². The predicted octanol–water partition coefficient (Wildman–Crippen LogP) is 2.79. The Morgan fingerprint density at radius 3 is 2.75 bits per heavy atom. The molecule has 0 saturated carbocycles. The molecule has 0 aliphatic rings. The molecule has 1 rings (SSSR count). The van der Waals surface area contributed by atoms with Gasteiger partial charge >= 0.3 is 0 Å². The smallest absolute Gasteiger partial charge is 0.137 e. The Morgan fingerprint density at radius 1 is 1.38 bits per heavy atom. The van der Waals surface area contributed by atoms with Gasteiger partial charge in [0, 0.05) is 13.1 Å². The van der Waals surface area contributed by atoms with Gasteiger partial charge in [0.15, 0.2) is 0 Å². The third-order valence-corrected chi connectivity index (χ3v) is 3.27. The zero-order valence-corrected chi connectivity index (χ0v) is 11.0. The fraction of sp³-hybridized carbons (Fsp3) is 0.500. The summed E-state index contributed by atoms with van der Waals surface area (Å²) in [6.07, 6.45) is 1.02. The van der Waals surface area contributed by atoms with Crippen molar-refractivity contribution in [3.63, 3.8) is 0 Å². The van der Waals surface area contributed by atoms with Crippen LogP contribution >= 0.6 is 15.9 Å². The lowest BCUT2D eigenvalue weighted by Crippen LogP contribution is -2.27. The van der Waals surface area contributed by atoms with Crippen LogP contribution in [0.4, 0.5) is 4.39 Å². The molecule has 16 heavy (non-hydrogen) atoms. The first kappa shape index (κ1) is 13.6. The number of halogens is 2. The molecular weight excluding hydrogens is 273 g/mol. The summed E-state index contributed by atoms with van der Waals surface area (Å²) < 4.78 is 13.8. The highest BCUT2D eigenvalue weighted by molar-refractivity contribution is 9.10. The largest absolute Gasteiger partial charge is 0.395 e. The molecule has 0 fully saturated rings. The molecule has 0 aliphatic heterocycles. The lowest BCUT2D eigenvalue weighted by atomic mass is 10.2. The van der Waals surface area contributed by atoms with Crippen LogP contribution in [0.25, 0.3) is 0 Å². The Bertz CT molecular complexity index is 327. The molecule has 0 heterocycles. The normalized spacial score (nSPS) is 11.1. The molecular formula is C12H17BrFNO. The Balaban J connectivity index is 2.72. The summed E-state index contributed by atoms with van der Waals surface area (Å²) in [5, 5.41) is 8.94. The average molecular weight is 290 g/mol. The SMILES string of the molecule is CCCN(CCO)Cc1cccc(F)c1Br. The van der Waals surface area contributed by atoms with E-state index in [4.69, 9.17) is 5.11 Å². The second-order valence-electron chi connectivity index (χ2n) is 3.71. The van der Waals surface area contributed by atoms with Crippen LogP contribution in [0, 0.1) is 5.82 Å². The van der Waals surface area contributed by atoms with Crippen molar-refractivity contribution in [3.8, 4) is 0 Å². The number of hydrogen-bond donors (Lipinski definition) is 1. The van der Waals surface area contributed by atoms with Crippen LogP contribution in [0.5, 0.6) is 0 Å². The third kappa shape index (κ3) is 3.85. The zero-order valence-electron chi connectivity index (χ0n) is 9.42. The first-order chi connectivity index (χ1) is 7.69. The number of rotatable bonds is 6. The second-order valence-corrected chi connectivity index (χ2v) is 4.51. The van der Waals surface area contributed by atoms with Gasteiger partial charge in [0.2, 0.25) is 0 Å². The second kappa shape index (κ2) is 6.99. The Kier molecular flexibility index (Phi) is 5.95. The van der Waals surface area contributed by atoms with Crippen LogP contribution in [0.2, 0.25) is 0 Å². The molecule has 1 N–H and O–H groups in total. The molecule has 90 valence electrons. The van der Waals surface area contributed by atoms with Gasteiger partial charge < -0.3 is 5.11 Å². The third-order valence-electron chi connectivity index (χ3n) is 2.38. The highest BCUT2D eigenvalue weighted by Gasteiger charge is 2.09. The molecule has 0 radical (unpaired) electrons. The van der Waals surface area contributed by atoms with E-state index in [2.05, 4.69) is 27.8 Å². The van der Waals surface area contributed by atoms with Crippen molar-refractivity contribution in [2.75, 3.05) is 19.7 Å². The monoisotopic (exact) mass is 289 g/mol. The van der Waals surface area contributed by atoms with Crippen LogP contribution in [-0.4, -0.2) is 29.7 Å². The van der Waals surface area contributed by atoms with E-state index in [1.165, 1.54) is 6.07 Å². The molecule has 0 saturated heterocycles. The Morgan fingerprint density at radius 2 is 2.12 bits per heavy atom. The van der Waals surface area contributed by atoms with E-state index >= 15 is 0 Å². The molecule has 0 unspecified atom stereocenters. The summed E-state index contributed by atoms with van der Waals surface area (Å²) >= 11 is 3.25. The molecule has 0 aromatic heterocycles. The summed E-state index contributed by atoms with van der Waals surface area (Å²) in [6.45, 7) is 4.41. The van der Waals surface area contributed by atoms with E-state index in [1.54, 1.807) is 6.07 Å². The topological polar surface area (TPSA) is 23.5 Å². The number of hydrogen-bond acceptors (Lipinski definition) is 2. The van der Waals surface area contributed by atoms with E-state index in [-0.39, 0.29) is 12.4 Å². The maximum absolute atomic E-state index is 13.3. The maximum atomic E-state index is 13.3. The Labute approximate surface area is 104 Å². The van der Waals surface area contributed by atoms with Crippen molar-refractivity contribution < 1.29 is 9.50 Å². The molecule has 0 spiro atoms. The van der Waals surface area contributed by atoms with Crippen LogP contribution in [0.1, 0.15) is 18.9 Å². The van der Waals surface area contributed by atoms with Gasteiger partial charge in [-0.1, -0.05) is 19.1 Å². The fourth-order valence-electron chi connectivity index (χ4n) is 1.64. The van der Waals surface area contributed by atoms with Crippen LogP contribution in [0.3, 0.4) is 0 Å². The van der Waals surface area contributed by atoms with Crippen LogP contribution in [-0.2, 0) is 6.54 Å². The van der Waals surface area contributed by atoms with Crippen molar-refractivity contribution in [2.45, 2.75) is 19.9 Å². The molecule has 1 aromatic carbocycles. The van der Waals surface area contributed by atoms with Crippen molar-refractivity contribution in [1.29, 1.82) is 0 Å². The number of aliphatic hydroxyl groups excluding tert-OH is 1. The van der Waals surface area contributed by atoms with Crippen LogP contribution in [0.15, 0.2) is 22.7 Å². The van der Waals surface area contributed by atoms with E-state index in [0.29, 0.717) is 17.6 Å². The van der Waals surface area contributed by atoms with Gasteiger partial charge in [-0.15, -0.1) is 0 Å². The average Bonchev–Trinajstić information content (AvgIpc) is 2.25. The van der Waals surface area contributed by atoms with Gasteiger partial charge in [0.1, 0.15) is 5.82 Å². The molecule has 0 atom stereocenters. The number of nitrogens with zero attached hydrogens (tertiary/aromatic N) is 1. The highest BCUT2D eigenvalue weighted by atomic mass is 79.9. The summed E-state index contributed by atoms with van der Waals surface area (Å²) in [7, 11) is 0.